The van der Waals surface area contributed by atoms with Crippen LogP contribution in [0.5, 0.6) is 0 Å². The van der Waals surface area contributed by atoms with Crippen molar-refractivity contribution in [2.24, 2.45) is 0 Å². The number of rotatable bonds is 1. The second-order valence-electron chi connectivity index (χ2n) is 2.47. The van der Waals surface area contributed by atoms with E-state index in [0.29, 0.717) is 5.82 Å². The van der Waals surface area contributed by atoms with Crippen molar-refractivity contribution < 1.29 is 0 Å². The van der Waals surface area contributed by atoms with Crippen LogP contribution in [0.15, 0.2) is 29.3 Å². The molecule has 2 rings (SSSR count). The first-order chi connectivity index (χ1) is 6.75. The largest absolute Gasteiger partial charge is 0.263 e. The van der Waals surface area contributed by atoms with Crippen molar-refractivity contribution in [3.05, 3.63) is 34.5 Å². The summed E-state index contributed by atoms with van der Waals surface area (Å²) in [6.45, 7) is 0. The molecule has 0 aliphatic heterocycles. The summed E-state index contributed by atoms with van der Waals surface area (Å²) < 4.78 is 0.867. The average Bonchev–Trinajstić information content (AvgIpc) is 2.18. The maximum absolute atomic E-state index is 5.64. The molecule has 0 aliphatic rings. The zero-order valence-electron chi connectivity index (χ0n) is 6.85. The Morgan fingerprint density at radius 1 is 1.21 bits per heavy atom. The predicted molar refractivity (Wildman–Crippen MR) is 55.8 cm³/mol. The van der Waals surface area contributed by atoms with E-state index in [4.69, 9.17) is 11.6 Å². The molecule has 0 unspecified atom stereocenters. The van der Waals surface area contributed by atoms with E-state index in [1.54, 1.807) is 12.4 Å². The predicted octanol–water partition coefficient (Wildman–Crippen LogP) is 2.35. The molecule has 0 aliphatic carbocycles. The molecule has 2 aromatic rings. The number of nitrogens with zero attached hydrogens (tertiary/aromatic N) is 4. The molecular weight excluding hydrogens is 267 g/mol. The van der Waals surface area contributed by atoms with Crippen LogP contribution in [0.25, 0.3) is 11.4 Å². The average molecular weight is 272 g/mol. The Balaban J connectivity index is 2.49. The fourth-order valence-electron chi connectivity index (χ4n) is 0.950. The highest BCUT2D eigenvalue weighted by molar-refractivity contribution is 9.10. The Kier molecular flexibility index (Phi) is 2.69. The summed E-state index contributed by atoms with van der Waals surface area (Å²) in [6, 6.07) is 1.86. The molecule has 0 amide bonds. The van der Waals surface area contributed by atoms with E-state index in [-0.39, 0.29) is 5.28 Å². The Morgan fingerprint density at radius 2 is 2.07 bits per heavy atom. The van der Waals surface area contributed by atoms with E-state index in [1.165, 1.54) is 6.33 Å². The van der Waals surface area contributed by atoms with Crippen LogP contribution in [0.1, 0.15) is 0 Å². The molecule has 0 saturated carbocycles. The van der Waals surface area contributed by atoms with Crippen molar-refractivity contribution in [2.75, 3.05) is 0 Å². The van der Waals surface area contributed by atoms with Gasteiger partial charge in [0, 0.05) is 22.4 Å². The summed E-state index contributed by atoms with van der Waals surface area (Å²) >= 11 is 8.95. The van der Waals surface area contributed by atoms with E-state index in [1.807, 2.05) is 6.07 Å². The third-order valence-corrected chi connectivity index (χ3v) is 2.12. The van der Waals surface area contributed by atoms with Crippen LogP contribution in [0.4, 0.5) is 0 Å². The summed E-state index contributed by atoms with van der Waals surface area (Å²) in [5, 5.41) is 0.176. The molecule has 0 aromatic carbocycles. The van der Waals surface area contributed by atoms with Crippen LogP contribution in [-0.4, -0.2) is 19.9 Å². The van der Waals surface area contributed by atoms with Gasteiger partial charge in [0.1, 0.15) is 6.33 Å². The topological polar surface area (TPSA) is 51.6 Å². The first-order valence-electron chi connectivity index (χ1n) is 3.71. The lowest BCUT2D eigenvalue weighted by molar-refractivity contribution is 1.05. The molecule has 0 spiro atoms. The van der Waals surface area contributed by atoms with Crippen molar-refractivity contribution in [1.29, 1.82) is 0 Å². The van der Waals surface area contributed by atoms with Crippen molar-refractivity contribution in [3.8, 4) is 11.4 Å². The highest BCUT2D eigenvalue weighted by atomic mass is 79.9. The van der Waals surface area contributed by atoms with Gasteiger partial charge in [-0.15, -0.1) is 0 Å². The Morgan fingerprint density at radius 3 is 2.79 bits per heavy atom. The summed E-state index contributed by atoms with van der Waals surface area (Å²) in [7, 11) is 0. The zero-order chi connectivity index (χ0) is 9.97. The van der Waals surface area contributed by atoms with E-state index in [0.717, 1.165) is 10.0 Å². The molecule has 0 saturated heterocycles. The van der Waals surface area contributed by atoms with E-state index >= 15 is 0 Å². The molecule has 0 bridgehead atoms. The second kappa shape index (κ2) is 3.98. The minimum atomic E-state index is 0.176. The summed E-state index contributed by atoms with van der Waals surface area (Å²) in [5.41, 5.74) is 0.795. The van der Waals surface area contributed by atoms with Crippen molar-refractivity contribution >= 4 is 27.5 Å². The van der Waals surface area contributed by atoms with Crippen LogP contribution in [0, 0.1) is 0 Å². The lowest BCUT2D eigenvalue weighted by atomic mass is 10.3. The van der Waals surface area contributed by atoms with Gasteiger partial charge in [0.05, 0.1) is 0 Å². The molecule has 0 N–H and O–H groups in total. The van der Waals surface area contributed by atoms with Gasteiger partial charge in [-0.25, -0.2) is 9.97 Å². The minimum Gasteiger partial charge on any atom is -0.263 e. The Bertz CT molecular complexity index is 419. The van der Waals surface area contributed by atoms with Crippen LogP contribution in [0.3, 0.4) is 0 Å². The van der Waals surface area contributed by atoms with Gasteiger partial charge in [0.2, 0.25) is 5.28 Å². The van der Waals surface area contributed by atoms with Gasteiger partial charge >= 0.3 is 0 Å². The van der Waals surface area contributed by atoms with Crippen molar-refractivity contribution in [2.45, 2.75) is 0 Å². The smallest absolute Gasteiger partial charge is 0.225 e. The van der Waals surface area contributed by atoms with E-state index in [2.05, 4.69) is 35.9 Å². The SMILES string of the molecule is Clc1ncnc(-c2cncc(Br)c2)n1. The fourth-order valence-corrected chi connectivity index (χ4v) is 1.44. The lowest BCUT2D eigenvalue weighted by Gasteiger charge is -1.98. The molecular formula is C8H4BrClN4. The Labute approximate surface area is 93.5 Å². The summed E-state index contributed by atoms with van der Waals surface area (Å²) in [6.07, 6.45) is 4.72. The van der Waals surface area contributed by atoms with Gasteiger partial charge < -0.3 is 0 Å². The van der Waals surface area contributed by atoms with Crippen LogP contribution in [-0.2, 0) is 0 Å². The number of hydrogen-bond acceptors (Lipinski definition) is 4. The van der Waals surface area contributed by atoms with Gasteiger partial charge in [-0.3, -0.25) is 4.98 Å². The van der Waals surface area contributed by atoms with Crippen molar-refractivity contribution in [1.82, 2.24) is 19.9 Å². The van der Waals surface area contributed by atoms with Crippen molar-refractivity contribution in [3.63, 3.8) is 0 Å². The third kappa shape index (κ3) is 2.05. The fraction of sp³-hybridized carbons (Fsp3) is 0. The molecule has 14 heavy (non-hydrogen) atoms. The monoisotopic (exact) mass is 270 g/mol. The first-order valence-corrected chi connectivity index (χ1v) is 4.88. The van der Waals surface area contributed by atoms with Gasteiger partial charge in [0.15, 0.2) is 5.82 Å². The second-order valence-corrected chi connectivity index (χ2v) is 3.72. The van der Waals surface area contributed by atoms with E-state index < -0.39 is 0 Å². The molecule has 0 atom stereocenters. The van der Waals surface area contributed by atoms with E-state index in [9.17, 15) is 0 Å². The van der Waals surface area contributed by atoms with Crippen LogP contribution >= 0.6 is 27.5 Å². The van der Waals surface area contributed by atoms with Gasteiger partial charge in [0.25, 0.3) is 0 Å². The number of hydrogen-bond donors (Lipinski definition) is 0. The molecule has 6 heteroatoms. The lowest BCUT2D eigenvalue weighted by Crippen LogP contribution is -1.91. The maximum Gasteiger partial charge on any atom is 0.225 e. The molecule has 0 radical (unpaired) electrons. The Hall–Kier alpha value is -1.07. The number of halogens is 2. The normalized spacial score (nSPS) is 10.1. The third-order valence-electron chi connectivity index (χ3n) is 1.51. The number of pyridine rings is 1. The zero-order valence-corrected chi connectivity index (χ0v) is 9.20. The highest BCUT2D eigenvalue weighted by Crippen LogP contribution is 2.18. The molecule has 2 heterocycles. The highest BCUT2D eigenvalue weighted by Gasteiger charge is 2.02. The summed E-state index contributed by atoms with van der Waals surface area (Å²) in [4.78, 5) is 15.6. The number of aromatic nitrogens is 4. The molecule has 0 fully saturated rings. The summed E-state index contributed by atoms with van der Waals surface area (Å²) in [5.74, 6) is 0.513. The first kappa shape index (κ1) is 9.48. The standard InChI is InChI=1S/C8H4BrClN4/c9-6-1-5(2-11-3-6)7-12-4-13-8(10)14-7/h1-4H. The minimum absolute atomic E-state index is 0.176. The van der Waals surface area contributed by atoms with Crippen LogP contribution in [0.2, 0.25) is 5.28 Å². The van der Waals surface area contributed by atoms with Gasteiger partial charge in [-0.2, -0.15) is 4.98 Å². The maximum atomic E-state index is 5.64. The molecule has 70 valence electrons. The molecule has 2 aromatic heterocycles. The quantitative estimate of drug-likeness (QED) is 0.799. The van der Waals surface area contributed by atoms with Gasteiger partial charge in [-0.1, -0.05) is 0 Å². The van der Waals surface area contributed by atoms with Crippen LogP contribution < -0.4 is 0 Å². The van der Waals surface area contributed by atoms with Gasteiger partial charge in [-0.05, 0) is 33.6 Å². The molecule has 4 nitrogen and oxygen atoms in total.